The van der Waals surface area contributed by atoms with Gasteiger partial charge in [0, 0.05) is 33.8 Å². The summed E-state index contributed by atoms with van der Waals surface area (Å²) >= 11 is 0. The van der Waals surface area contributed by atoms with E-state index in [2.05, 4.69) is 10.6 Å². The van der Waals surface area contributed by atoms with E-state index >= 15 is 0 Å². The summed E-state index contributed by atoms with van der Waals surface area (Å²) in [5.41, 5.74) is 0. The molecule has 4 saturated heterocycles. The van der Waals surface area contributed by atoms with Crippen molar-refractivity contribution < 1.29 is 193 Å². The van der Waals surface area contributed by atoms with Crippen molar-refractivity contribution in [2.75, 3.05) is 33.5 Å². The number of methoxy groups -OCH3 is 1. The minimum Gasteiger partial charge on any atom is -0.544 e. The molecule has 4 aliphatic rings. The maximum atomic E-state index is 13.1. The Kier molecular flexibility index (Phi) is 24.0. The van der Waals surface area contributed by atoms with E-state index in [-0.39, 0.29) is 59.1 Å². The molecule has 4 aliphatic heterocycles. The summed E-state index contributed by atoms with van der Waals surface area (Å²) in [5.74, 6) is -13.4. The van der Waals surface area contributed by atoms with Gasteiger partial charge in [-0.15, -0.1) is 0 Å². The van der Waals surface area contributed by atoms with E-state index < -0.39 is 197 Å². The first kappa shape index (κ1) is 61.2. The maximum Gasteiger partial charge on any atom is 1.00 e. The Morgan fingerprint density at radius 2 is 1.15 bits per heavy atom. The number of aliphatic hydroxyl groups is 13. The van der Waals surface area contributed by atoms with Crippen molar-refractivity contribution in [2.45, 2.75) is 161 Å². The SMILES string of the molecule is CO[C@@H]1O[C@H](CO)[C@@H](O[C@@H]2O[C@H](CO)[C@H](O)[C@H](O[C@]3(C(=O)[O-])C[C@H](O)[C@@H](NC(C)=O)[C@H]([C@H](O)[C@@H](CO)O[C@]4(C(=O)[O-])C[C@H](O)[C@@H](NC(C)=O)[C@H]([C@H](O)[C@H](O)CO)O4)O3)[C@H]2O)[C@H](O)[C@H]1O.[Na+].[Na+]. The molecule has 2 amide bonds. The fraction of sp³-hybridized carbons (Fsp3) is 0.886. The van der Waals surface area contributed by atoms with Gasteiger partial charge in [-0.2, -0.15) is 0 Å². The topological polar surface area (TPSA) is 475 Å². The molecule has 0 aromatic carbocycles. The summed E-state index contributed by atoms with van der Waals surface area (Å²) in [5, 5.41) is 169. The van der Waals surface area contributed by atoms with Crippen LogP contribution < -0.4 is 80.0 Å². The van der Waals surface area contributed by atoms with Crippen molar-refractivity contribution in [2.24, 2.45) is 0 Å². The zero-order valence-electron chi connectivity index (χ0n) is 36.3. The Morgan fingerprint density at radius 3 is 1.61 bits per heavy atom. The monoisotopic (exact) mass is 982 g/mol. The molecule has 0 aromatic heterocycles. The van der Waals surface area contributed by atoms with Crippen molar-refractivity contribution in [3.8, 4) is 0 Å². The van der Waals surface area contributed by atoms with Gasteiger partial charge in [0.25, 0.3) is 0 Å². The number of nitrogens with one attached hydrogen (secondary N) is 2. The fourth-order valence-corrected chi connectivity index (χ4v) is 7.92. The van der Waals surface area contributed by atoms with Crippen molar-refractivity contribution in [1.29, 1.82) is 0 Å². The van der Waals surface area contributed by atoms with Gasteiger partial charge in [0.05, 0.1) is 50.7 Å². The first-order valence-electron chi connectivity index (χ1n) is 19.7. The van der Waals surface area contributed by atoms with Crippen molar-refractivity contribution in [1.82, 2.24) is 10.6 Å². The molecule has 0 saturated carbocycles. The van der Waals surface area contributed by atoms with Crippen LogP contribution in [-0.4, -0.2) is 258 Å². The van der Waals surface area contributed by atoms with E-state index in [1.165, 1.54) is 0 Å². The molecule has 0 radical (unpaired) electrons. The average molecular weight is 983 g/mol. The first-order chi connectivity index (χ1) is 30.0. The molecular formula is C35H56N2Na2O27. The molecule has 15 N–H and O–H groups in total. The van der Waals surface area contributed by atoms with Gasteiger partial charge in [0.15, 0.2) is 12.6 Å². The molecule has 0 spiro atoms. The molecule has 0 aliphatic carbocycles. The third-order valence-electron chi connectivity index (χ3n) is 11.2. The van der Waals surface area contributed by atoms with Crippen molar-refractivity contribution >= 4 is 23.8 Å². The number of ether oxygens (including phenoxy) is 8. The number of hydrogen-bond donors (Lipinski definition) is 15. The van der Waals surface area contributed by atoms with E-state index in [1.54, 1.807) is 0 Å². The normalized spacial score (nSPS) is 41.2. The van der Waals surface area contributed by atoms with E-state index in [4.69, 9.17) is 37.9 Å². The second-order valence-electron chi connectivity index (χ2n) is 15.6. The molecule has 4 rings (SSSR count). The third kappa shape index (κ3) is 13.3. The molecule has 0 aromatic rings. The third-order valence-corrected chi connectivity index (χ3v) is 11.2. The second kappa shape index (κ2) is 25.9. The van der Waals surface area contributed by atoms with Crippen molar-refractivity contribution in [3.63, 3.8) is 0 Å². The average Bonchev–Trinajstić information content (AvgIpc) is 3.24. The molecule has 0 bridgehead atoms. The Bertz CT molecular complexity index is 1590. The van der Waals surface area contributed by atoms with Crippen LogP contribution >= 0.6 is 0 Å². The molecule has 4 fully saturated rings. The van der Waals surface area contributed by atoms with Crippen LogP contribution in [0.3, 0.4) is 0 Å². The number of carboxylic acid groups (broad SMARTS) is 2. The molecule has 66 heavy (non-hydrogen) atoms. The minimum absolute atomic E-state index is 0. The van der Waals surface area contributed by atoms with Gasteiger partial charge in [-0.3, -0.25) is 9.59 Å². The van der Waals surface area contributed by atoms with Crippen LogP contribution in [0.5, 0.6) is 0 Å². The molecular weight excluding hydrogens is 926 g/mol. The second-order valence-corrected chi connectivity index (χ2v) is 15.6. The molecule has 29 nitrogen and oxygen atoms in total. The number of carbonyl (C=O) groups excluding carboxylic acids is 4. The Balaban J connectivity index is 0.00000748. The smallest absolute Gasteiger partial charge is 0.544 e. The molecule has 370 valence electrons. The fourth-order valence-electron chi connectivity index (χ4n) is 7.92. The number of aliphatic carboxylic acids is 2. The zero-order valence-corrected chi connectivity index (χ0v) is 40.3. The predicted octanol–water partition coefficient (Wildman–Crippen LogP) is -19.1. The van der Waals surface area contributed by atoms with Crippen LogP contribution in [0, 0.1) is 0 Å². The summed E-state index contributed by atoms with van der Waals surface area (Å²) in [6, 6.07) is -3.63. The van der Waals surface area contributed by atoms with Crippen LogP contribution in [0.4, 0.5) is 0 Å². The van der Waals surface area contributed by atoms with Gasteiger partial charge in [0.1, 0.15) is 97.4 Å². The van der Waals surface area contributed by atoms with Crippen LogP contribution in [0.25, 0.3) is 0 Å². The summed E-state index contributed by atoms with van der Waals surface area (Å²) < 4.78 is 43.6. The van der Waals surface area contributed by atoms with E-state index in [0.717, 1.165) is 21.0 Å². The largest absolute Gasteiger partial charge is 1.00 e. The first-order valence-corrected chi connectivity index (χ1v) is 19.7. The van der Waals surface area contributed by atoms with Gasteiger partial charge in [-0.25, -0.2) is 0 Å². The molecule has 31 heteroatoms. The van der Waals surface area contributed by atoms with Gasteiger partial charge in [0.2, 0.25) is 23.4 Å². The Labute approximate surface area is 419 Å². The van der Waals surface area contributed by atoms with Crippen LogP contribution in [0.15, 0.2) is 0 Å². The number of carboxylic acids is 2. The quantitative estimate of drug-likeness (QED) is 0.0534. The standard InChI is InChI=1S/C35H58N2O27.2Na/c1-10(42)36-18-12(44)4-34(32(53)54,62-27(18)20(47)14(46)6-38)61-16(8-40)22(49)28-19(37-11(2)43)13(45)5-35(63-28,33(55)56)64-29-21(48)15(7-39)58-31(25(29)52)60-26-17(9-41)59-30(57-3)24(51)23(26)50;;/h12-31,38-41,44-52H,4-9H2,1-3H3,(H,36,42)(H,37,43)(H,53,54)(H,55,56);;/q;2*+1/p-2/t12-,13-,14+,15+,16+,17+,18+,19+,20+,21-,22+,23+,24+,25+,26+,27+,28+,29-,30+,31-,34+,35-;;/m0../s1. The molecule has 22 atom stereocenters. The number of hydrogen-bond acceptors (Lipinski definition) is 27. The summed E-state index contributed by atoms with van der Waals surface area (Å²) in [6.07, 6.45) is -40.1. The number of aliphatic hydroxyl groups excluding tert-OH is 13. The Hall–Kier alpha value is -0.960. The Morgan fingerprint density at radius 1 is 0.667 bits per heavy atom. The van der Waals surface area contributed by atoms with Crippen LogP contribution in [-0.2, 0) is 57.1 Å². The maximum absolute atomic E-state index is 13.1. The summed E-state index contributed by atoms with van der Waals surface area (Å²) in [4.78, 5) is 50.1. The van der Waals surface area contributed by atoms with Crippen LogP contribution in [0.1, 0.15) is 26.7 Å². The van der Waals surface area contributed by atoms with E-state index in [9.17, 15) is 95.8 Å². The predicted molar refractivity (Wildman–Crippen MR) is 191 cm³/mol. The number of rotatable bonds is 19. The number of carbonyl (C=O) groups is 4. The number of amides is 2. The van der Waals surface area contributed by atoms with Crippen molar-refractivity contribution in [3.05, 3.63) is 0 Å². The van der Waals surface area contributed by atoms with E-state index in [0.29, 0.717) is 0 Å². The van der Waals surface area contributed by atoms with E-state index in [1.807, 2.05) is 0 Å². The van der Waals surface area contributed by atoms with Gasteiger partial charge >= 0.3 is 59.1 Å². The van der Waals surface area contributed by atoms with Gasteiger partial charge in [-0.1, -0.05) is 0 Å². The molecule has 4 heterocycles. The summed E-state index contributed by atoms with van der Waals surface area (Å²) in [6.45, 7) is -2.75. The van der Waals surface area contributed by atoms with Gasteiger partial charge in [-0.05, 0) is 0 Å². The van der Waals surface area contributed by atoms with Crippen LogP contribution in [0.2, 0.25) is 0 Å². The van der Waals surface area contributed by atoms with Gasteiger partial charge < -0.3 is 135 Å². The minimum atomic E-state index is -3.44. The zero-order chi connectivity index (χ0) is 48.2. The summed E-state index contributed by atoms with van der Waals surface area (Å²) in [7, 11) is 1.11. The molecule has 0 unspecified atom stereocenters.